The summed E-state index contributed by atoms with van der Waals surface area (Å²) in [6, 6.07) is 6.69. The molecule has 0 aliphatic carbocycles. The number of ketones is 1. The monoisotopic (exact) mass is 576 g/mol. The lowest BCUT2D eigenvalue weighted by Crippen LogP contribution is -2.44. The summed E-state index contributed by atoms with van der Waals surface area (Å²) >= 11 is 16.9. The highest BCUT2D eigenvalue weighted by molar-refractivity contribution is 6.67. The molecule has 2 atom stereocenters. The molecule has 3 rings (SSSR count). The van der Waals surface area contributed by atoms with Crippen molar-refractivity contribution in [2.45, 2.75) is 48.3 Å². The molecule has 200 valence electrons. The van der Waals surface area contributed by atoms with E-state index in [4.69, 9.17) is 44.3 Å². The van der Waals surface area contributed by atoms with Crippen LogP contribution in [0.2, 0.25) is 0 Å². The molecular weight excluding hydrogens is 555 g/mol. The molecule has 2 aromatic rings. The minimum atomic E-state index is -1.75. The molecule has 2 heterocycles. The van der Waals surface area contributed by atoms with E-state index in [0.717, 1.165) is 10.4 Å². The van der Waals surface area contributed by atoms with Gasteiger partial charge < -0.3 is 24.8 Å². The van der Waals surface area contributed by atoms with Crippen LogP contribution in [0.25, 0.3) is 0 Å². The van der Waals surface area contributed by atoms with Crippen LogP contribution in [0.5, 0.6) is 0 Å². The average molecular weight is 578 g/mol. The Balaban J connectivity index is 1.59. The van der Waals surface area contributed by atoms with Gasteiger partial charge in [0.2, 0.25) is 3.79 Å². The van der Waals surface area contributed by atoms with Crippen molar-refractivity contribution in [1.29, 1.82) is 0 Å². The molecule has 1 aromatic heterocycles. The zero-order valence-electron chi connectivity index (χ0n) is 19.3. The van der Waals surface area contributed by atoms with Gasteiger partial charge in [0.25, 0.3) is 5.95 Å². The lowest BCUT2D eigenvalue weighted by atomic mass is 10.1. The van der Waals surface area contributed by atoms with E-state index in [1.54, 1.807) is 35.2 Å². The third-order valence-electron chi connectivity index (χ3n) is 5.17. The Labute approximate surface area is 225 Å². The Hall–Kier alpha value is -3.16. The highest BCUT2D eigenvalue weighted by Gasteiger charge is 2.36. The number of amides is 1. The molecule has 0 bridgehead atoms. The van der Waals surface area contributed by atoms with Gasteiger partial charge >= 0.3 is 18.0 Å². The molecule has 1 aliphatic rings. The number of hydrogen-bond acceptors (Lipinski definition) is 10. The van der Waals surface area contributed by atoms with Crippen LogP contribution in [0.1, 0.15) is 24.8 Å². The number of anilines is 1. The number of benzene rings is 1. The summed E-state index contributed by atoms with van der Waals surface area (Å²) in [4.78, 5) is 51.1. The lowest BCUT2D eigenvalue weighted by molar-refractivity contribution is -0.145. The second-order valence-corrected chi connectivity index (χ2v) is 10.5. The topological polar surface area (TPSA) is 166 Å². The molecule has 16 heteroatoms. The van der Waals surface area contributed by atoms with Crippen LogP contribution < -0.4 is 10.2 Å². The SMILES string of the molecule is O=C(O)CC(NC(=O)OCc1ccccc1)C(=O)Cn1nnc(N2CCC[C@@H]2C(=O)OCC(Cl)(Cl)Cl)n1. The van der Waals surface area contributed by atoms with E-state index in [9.17, 15) is 24.3 Å². The van der Waals surface area contributed by atoms with Crippen molar-refractivity contribution in [3.05, 3.63) is 35.9 Å². The summed E-state index contributed by atoms with van der Waals surface area (Å²) in [5, 5.41) is 23.2. The van der Waals surface area contributed by atoms with E-state index in [1.807, 2.05) is 0 Å². The maximum atomic E-state index is 12.8. The number of nitrogens with zero attached hydrogens (tertiary/aromatic N) is 5. The fourth-order valence-corrected chi connectivity index (χ4v) is 3.66. The van der Waals surface area contributed by atoms with Crippen molar-refractivity contribution in [2.75, 3.05) is 18.1 Å². The van der Waals surface area contributed by atoms with Gasteiger partial charge in [-0.2, -0.15) is 4.80 Å². The molecule has 0 radical (unpaired) electrons. The van der Waals surface area contributed by atoms with E-state index >= 15 is 0 Å². The summed E-state index contributed by atoms with van der Waals surface area (Å²) in [6.07, 6.45) is -0.549. The number of carboxylic acid groups (broad SMARTS) is 1. The minimum Gasteiger partial charge on any atom is -0.481 e. The number of carbonyl (C=O) groups is 4. The smallest absolute Gasteiger partial charge is 0.408 e. The molecule has 13 nitrogen and oxygen atoms in total. The van der Waals surface area contributed by atoms with Crippen molar-refractivity contribution < 1.29 is 33.8 Å². The van der Waals surface area contributed by atoms with Gasteiger partial charge in [-0.3, -0.25) is 9.59 Å². The van der Waals surface area contributed by atoms with Crippen LogP contribution in [0.3, 0.4) is 0 Å². The fraction of sp³-hybridized carbons (Fsp3) is 0.476. The molecule has 1 amide bonds. The van der Waals surface area contributed by atoms with Gasteiger partial charge in [-0.05, 0) is 23.6 Å². The van der Waals surface area contributed by atoms with Crippen LogP contribution in [0.4, 0.5) is 10.7 Å². The second-order valence-electron chi connectivity index (χ2n) is 8.02. The van der Waals surface area contributed by atoms with Gasteiger partial charge in [0, 0.05) is 6.54 Å². The number of aromatic nitrogens is 4. The van der Waals surface area contributed by atoms with Gasteiger partial charge in [-0.25, -0.2) is 9.59 Å². The number of Topliss-reactive ketones (excluding diaryl/α,β-unsaturated/α-hetero) is 1. The predicted octanol–water partition coefficient (Wildman–Crippen LogP) is 1.89. The first-order chi connectivity index (χ1) is 17.5. The van der Waals surface area contributed by atoms with E-state index in [-0.39, 0.29) is 12.6 Å². The number of ether oxygens (including phenoxy) is 2. The van der Waals surface area contributed by atoms with Crippen molar-refractivity contribution in [1.82, 2.24) is 25.5 Å². The number of carboxylic acids is 1. The van der Waals surface area contributed by atoms with Crippen LogP contribution in [0, 0.1) is 0 Å². The Morgan fingerprint density at radius 1 is 1.16 bits per heavy atom. The van der Waals surface area contributed by atoms with Gasteiger partial charge in [0.1, 0.15) is 31.8 Å². The van der Waals surface area contributed by atoms with E-state index in [2.05, 4.69) is 20.7 Å². The number of aliphatic carboxylic acids is 1. The Morgan fingerprint density at radius 2 is 1.89 bits per heavy atom. The van der Waals surface area contributed by atoms with Crippen LogP contribution >= 0.6 is 34.8 Å². The fourth-order valence-electron chi connectivity index (χ4n) is 3.49. The van der Waals surface area contributed by atoms with Crippen molar-refractivity contribution in [3.63, 3.8) is 0 Å². The van der Waals surface area contributed by atoms with Gasteiger partial charge in [-0.15, -0.1) is 5.10 Å². The van der Waals surface area contributed by atoms with E-state index in [0.29, 0.717) is 19.4 Å². The normalized spacial score (nSPS) is 16.2. The minimum absolute atomic E-state index is 0.0598. The summed E-state index contributed by atoms with van der Waals surface area (Å²) in [5.41, 5.74) is 0.717. The number of alkyl carbamates (subject to hydrolysis) is 1. The van der Waals surface area contributed by atoms with Gasteiger partial charge in [-0.1, -0.05) is 70.2 Å². The quantitative estimate of drug-likeness (QED) is 0.296. The van der Waals surface area contributed by atoms with Crippen LogP contribution in [0.15, 0.2) is 30.3 Å². The first-order valence-corrected chi connectivity index (χ1v) is 12.1. The first-order valence-electron chi connectivity index (χ1n) is 11.0. The molecule has 0 saturated carbocycles. The first kappa shape index (κ1) is 28.4. The summed E-state index contributed by atoms with van der Waals surface area (Å²) in [7, 11) is 0. The number of halogens is 3. The Morgan fingerprint density at radius 3 is 2.57 bits per heavy atom. The molecule has 1 fully saturated rings. The molecule has 1 unspecified atom stereocenters. The van der Waals surface area contributed by atoms with E-state index < -0.39 is 59.3 Å². The van der Waals surface area contributed by atoms with Crippen molar-refractivity contribution >= 4 is 64.6 Å². The number of alkyl halides is 3. The predicted molar refractivity (Wildman–Crippen MR) is 130 cm³/mol. The van der Waals surface area contributed by atoms with Crippen molar-refractivity contribution in [3.8, 4) is 0 Å². The number of nitrogens with one attached hydrogen (secondary N) is 1. The maximum absolute atomic E-state index is 12.8. The number of esters is 1. The Kier molecular flexibility index (Phi) is 9.89. The zero-order chi connectivity index (χ0) is 27.0. The van der Waals surface area contributed by atoms with Gasteiger partial charge in [0.15, 0.2) is 5.78 Å². The van der Waals surface area contributed by atoms with E-state index in [1.165, 1.54) is 0 Å². The molecule has 2 N–H and O–H groups in total. The molecule has 1 aliphatic heterocycles. The van der Waals surface area contributed by atoms with Gasteiger partial charge in [0.05, 0.1) is 6.42 Å². The largest absolute Gasteiger partial charge is 0.481 e. The highest BCUT2D eigenvalue weighted by Crippen LogP contribution is 2.28. The molecular formula is C21H23Cl3N6O7. The summed E-state index contributed by atoms with van der Waals surface area (Å²) < 4.78 is 8.36. The molecule has 1 aromatic carbocycles. The van der Waals surface area contributed by atoms with Crippen molar-refractivity contribution in [2.24, 2.45) is 0 Å². The average Bonchev–Trinajstić information content (AvgIpc) is 3.50. The van der Waals surface area contributed by atoms with Crippen LogP contribution in [-0.2, 0) is 37.0 Å². The number of carbonyl (C=O) groups excluding carboxylic acids is 3. The second kappa shape index (κ2) is 12.9. The standard InChI is InChI=1S/C21H23Cl3N6O7/c22-21(23,24)12-37-18(34)15-7-4-8-29(15)19-26-28-30(27-19)10-16(31)14(9-17(32)33)25-20(35)36-11-13-5-2-1-3-6-13/h1-3,5-6,14-15H,4,7-12H2,(H,25,35)(H,32,33)/t14?,15-/m1/s1. The molecule has 1 saturated heterocycles. The van der Waals surface area contributed by atoms with Crippen LogP contribution in [-0.4, -0.2) is 78.2 Å². The molecule has 0 spiro atoms. The number of rotatable bonds is 11. The summed E-state index contributed by atoms with van der Waals surface area (Å²) in [6.45, 7) is -0.555. The lowest BCUT2D eigenvalue weighted by Gasteiger charge is -2.22. The zero-order valence-corrected chi connectivity index (χ0v) is 21.5. The number of hydrogen-bond donors (Lipinski definition) is 2. The number of tetrazole rings is 1. The summed E-state index contributed by atoms with van der Waals surface area (Å²) in [5.74, 6) is -2.56. The Bertz CT molecular complexity index is 1110. The maximum Gasteiger partial charge on any atom is 0.408 e. The third kappa shape index (κ3) is 9.02. The molecule has 37 heavy (non-hydrogen) atoms. The third-order valence-corrected chi connectivity index (χ3v) is 5.50. The highest BCUT2D eigenvalue weighted by atomic mass is 35.6.